The van der Waals surface area contributed by atoms with Gasteiger partial charge in [0.15, 0.2) is 4.34 Å². The van der Waals surface area contributed by atoms with Gasteiger partial charge in [0.05, 0.1) is 10.6 Å². The SMILES string of the molecule is O=[N+]([O-])c1cc(S(=O)(=O)Nc2ccc(Br)cc2Br)sc1Cl. The first-order chi connectivity index (χ1) is 9.70. The third-order valence-corrected chi connectivity index (χ3v) is 6.61. The lowest BCUT2D eigenvalue weighted by molar-refractivity contribution is -0.384. The van der Waals surface area contributed by atoms with Crippen molar-refractivity contribution in [3.05, 3.63) is 47.7 Å². The molecule has 2 aromatic rings. The van der Waals surface area contributed by atoms with Gasteiger partial charge in [-0.25, -0.2) is 8.42 Å². The van der Waals surface area contributed by atoms with Gasteiger partial charge in [-0.05, 0) is 34.1 Å². The van der Waals surface area contributed by atoms with E-state index in [4.69, 9.17) is 11.6 Å². The molecule has 1 heterocycles. The van der Waals surface area contributed by atoms with E-state index >= 15 is 0 Å². The molecule has 0 atom stereocenters. The lowest BCUT2D eigenvalue weighted by atomic mass is 10.3. The fourth-order valence-electron chi connectivity index (χ4n) is 1.36. The van der Waals surface area contributed by atoms with Crippen molar-refractivity contribution in [3.63, 3.8) is 0 Å². The number of anilines is 1. The lowest BCUT2D eigenvalue weighted by Crippen LogP contribution is -2.11. The predicted molar refractivity (Wildman–Crippen MR) is 88.6 cm³/mol. The maximum Gasteiger partial charge on any atom is 0.300 e. The monoisotopic (exact) mass is 474 g/mol. The van der Waals surface area contributed by atoms with Gasteiger partial charge < -0.3 is 0 Å². The molecule has 1 aromatic carbocycles. The van der Waals surface area contributed by atoms with Gasteiger partial charge in [-0.3, -0.25) is 14.8 Å². The van der Waals surface area contributed by atoms with Gasteiger partial charge in [0.25, 0.3) is 15.7 Å². The first kappa shape index (κ1) is 16.7. The minimum absolute atomic E-state index is 0.185. The fourth-order valence-corrected chi connectivity index (χ4v) is 5.38. The van der Waals surface area contributed by atoms with Crippen LogP contribution in [0.1, 0.15) is 0 Å². The van der Waals surface area contributed by atoms with Gasteiger partial charge in [0, 0.05) is 15.0 Å². The highest BCUT2D eigenvalue weighted by Gasteiger charge is 2.25. The Morgan fingerprint density at radius 2 is 1.95 bits per heavy atom. The smallest absolute Gasteiger partial charge is 0.278 e. The zero-order chi connectivity index (χ0) is 15.8. The highest BCUT2D eigenvalue weighted by atomic mass is 79.9. The molecule has 0 spiro atoms. The minimum Gasteiger partial charge on any atom is -0.278 e. The van der Waals surface area contributed by atoms with Crippen molar-refractivity contribution >= 4 is 76.2 Å². The Hall–Kier alpha value is -0.680. The van der Waals surface area contributed by atoms with Gasteiger partial charge in [-0.15, -0.1) is 11.3 Å². The maximum atomic E-state index is 12.2. The van der Waals surface area contributed by atoms with Crippen molar-refractivity contribution in [1.82, 2.24) is 0 Å². The number of benzene rings is 1. The summed E-state index contributed by atoms with van der Waals surface area (Å²) in [4.78, 5) is 9.98. The molecule has 21 heavy (non-hydrogen) atoms. The van der Waals surface area contributed by atoms with E-state index in [-0.39, 0.29) is 8.55 Å². The van der Waals surface area contributed by atoms with Crippen molar-refractivity contribution < 1.29 is 13.3 Å². The highest BCUT2D eigenvalue weighted by molar-refractivity contribution is 9.11. The number of thiophene rings is 1. The molecule has 0 aliphatic rings. The number of hydrogen-bond donors (Lipinski definition) is 1. The van der Waals surface area contributed by atoms with Crippen molar-refractivity contribution in [2.45, 2.75) is 4.21 Å². The Morgan fingerprint density at radius 3 is 2.48 bits per heavy atom. The van der Waals surface area contributed by atoms with E-state index in [2.05, 4.69) is 36.6 Å². The zero-order valence-corrected chi connectivity index (χ0v) is 15.4. The van der Waals surface area contributed by atoms with E-state index in [9.17, 15) is 18.5 Å². The summed E-state index contributed by atoms with van der Waals surface area (Å²) in [5.41, 5.74) is -0.123. The minimum atomic E-state index is -3.95. The van der Waals surface area contributed by atoms with Crippen LogP contribution in [0.2, 0.25) is 4.34 Å². The molecular weight excluding hydrogens is 472 g/mol. The third kappa shape index (κ3) is 3.75. The summed E-state index contributed by atoms with van der Waals surface area (Å²) in [6, 6.07) is 5.81. The second-order valence-corrected chi connectivity index (χ2v) is 9.04. The summed E-state index contributed by atoms with van der Waals surface area (Å²) in [6.07, 6.45) is 0. The molecule has 1 N–H and O–H groups in total. The van der Waals surface area contributed by atoms with Gasteiger partial charge >= 0.3 is 0 Å². The number of sulfonamides is 1. The van der Waals surface area contributed by atoms with Gasteiger partial charge in [0.2, 0.25) is 0 Å². The summed E-state index contributed by atoms with van der Waals surface area (Å²) >= 11 is 12.8. The molecule has 6 nitrogen and oxygen atoms in total. The van der Waals surface area contributed by atoms with Crippen LogP contribution < -0.4 is 4.72 Å². The molecule has 0 unspecified atom stereocenters. The van der Waals surface area contributed by atoms with Crippen LogP contribution >= 0.6 is 54.8 Å². The largest absolute Gasteiger partial charge is 0.300 e. The lowest BCUT2D eigenvalue weighted by Gasteiger charge is -2.08. The van der Waals surface area contributed by atoms with E-state index < -0.39 is 20.6 Å². The normalized spacial score (nSPS) is 11.4. The van der Waals surface area contributed by atoms with Crippen LogP contribution in [0.4, 0.5) is 11.4 Å². The van der Waals surface area contributed by atoms with Crippen LogP contribution in [0.5, 0.6) is 0 Å². The highest BCUT2D eigenvalue weighted by Crippen LogP contribution is 2.37. The van der Waals surface area contributed by atoms with Crippen molar-refractivity contribution in [2.24, 2.45) is 0 Å². The van der Waals surface area contributed by atoms with E-state index in [0.717, 1.165) is 10.5 Å². The number of rotatable bonds is 4. The summed E-state index contributed by atoms with van der Waals surface area (Å²) in [6.45, 7) is 0. The van der Waals surface area contributed by atoms with Crippen molar-refractivity contribution in [1.29, 1.82) is 0 Å². The third-order valence-electron chi connectivity index (χ3n) is 2.28. The molecule has 0 aliphatic heterocycles. The van der Waals surface area contributed by atoms with Crippen LogP contribution in [0.25, 0.3) is 0 Å². The van der Waals surface area contributed by atoms with Gasteiger partial charge in [0.1, 0.15) is 4.21 Å². The second kappa shape index (κ2) is 6.21. The molecule has 0 fully saturated rings. The Kier molecular flexibility index (Phi) is 4.93. The second-order valence-electron chi connectivity index (χ2n) is 3.71. The number of nitrogens with zero attached hydrogens (tertiary/aromatic N) is 1. The number of nitro groups is 1. The standard InChI is InChI=1S/C10H5Br2ClN2O4S2/c11-5-1-2-7(6(12)3-5)14-21(18,19)9-4-8(15(16)17)10(13)20-9/h1-4,14H. The van der Waals surface area contributed by atoms with Crippen LogP contribution in [-0.4, -0.2) is 13.3 Å². The first-order valence-corrected chi connectivity index (χ1v) is 9.38. The van der Waals surface area contributed by atoms with Gasteiger partial charge in [-0.2, -0.15) is 0 Å². The van der Waals surface area contributed by atoms with Gasteiger partial charge in [-0.1, -0.05) is 27.5 Å². The topological polar surface area (TPSA) is 89.3 Å². The molecule has 112 valence electrons. The number of nitrogens with one attached hydrogen (secondary N) is 1. The van der Waals surface area contributed by atoms with Crippen molar-refractivity contribution in [3.8, 4) is 0 Å². The summed E-state index contributed by atoms with van der Waals surface area (Å²) in [5.74, 6) is 0. The Labute approximate surface area is 145 Å². The van der Waals surface area contributed by atoms with E-state index in [1.807, 2.05) is 0 Å². The Morgan fingerprint density at radius 1 is 1.29 bits per heavy atom. The molecule has 0 bridgehead atoms. The van der Waals surface area contributed by atoms with Crippen LogP contribution in [-0.2, 0) is 10.0 Å². The predicted octanol–water partition coefficient (Wildman–Crippen LogP) is 4.64. The fraction of sp³-hybridized carbons (Fsp3) is 0. The summed E-state index contributed by atoms with van der Waals surface area (Å²) < 4.78 is 27.7. The molecule has 0 radical (unpaired) electrons. The van der Waals surface area contributed by atoms with E-state index in [1.165, 1.54) is 0 Å². The molecule has 0 amide bonds. The van der Waals surface area contributed by atoms with Crippen LogP contribution in [0.15, 0.2) is 37.4 Å². The molecule has 0 saturated carbocycles. The Bertz CT molecular complexity index is 822. The summed E-state index contributed by atoms with van der Waals surface area (Å²) in [7, 11) is -3.95. The molecule has 0 aliphatic carbocycles. The average Bonchev–Trinajstić information content (AvgIpc) is 2.76. The van der Waals surface area contributed by atoms with E-state index in [0.29, 0.717) is 21.5 Å². The maximum absolute atomic E-state index is 12.2. The molecule has 11 heteroatoms. The molecule has 0 saturated heterocycles. The Balaban J connectivity index is 2.38. The first-order valence-electron chi connectivity index (χ1n) is 5.12. The molecular formula is C10H5Br2ClN2O4S2. The zero-order valence-electron chi connectivity index (χ0n) is 9.84. The quantitative estimate of drug-likeness (QED) is 0.514. The summed E-state index contributed by atoms with van der Waals surface area (Å²) in [5, 5.41) is 10.7. The molecule has 1 aromatic heterocycles. The number of hydrogen-bond acceptors (Lipinski definition) is 5. The van der Waals surface area contributed by atoms with Crippen molar-refractivity contribution in [2.75, 3.05) is 4.72 Å². The average molecular weight is 477 g/mol. The number of halogens is 3. The molecule has 2 rings (SSSR count). The van der Waals surface area contributed by atoms with E-state index in [1.54, 1.807) is 18.2 Å². The van der Waals surface area contributed by atoms with Crippen LogP contribution in [0, 0.1) is 10.1 Å². The van der Waals surface area contributed by atoms with Crippen LogP contribution in [0.3, 0.4) is 0 Å².